The van der Waals surface area contributed by atoms with Crippen molar-refractivity contribution in [2.75, 3.05) is 6.54 Å². The van der Waals surface area contributed by atoms with Crippen LogP contribution in [-0.2, 0) is 4.79 Å². The number of rotatable bonds is 4. The maximum absolute atomic E-state index is 12.8. The second kappa shape index (κ2) is 6.43. The van der Waals surface area contributed by atoms with Crippen LogP contribution < -0.4 is 0 Å². The number of likely N-dealkylation sites (tertiary alicyclic amines) is 1. The molecular formula is C17H20N4O3. The van der Waals surface area contributed by atoms with E-state index in [1.54, 1.807) is 16.5 Å². The summed E-state index contributed by atoms with van der Waals surface area (Å²) >= 11 is 0. The van der Waals surface area contributed by atoms with Gasteiger partial charge in [0.25, 0.3) is 5.91 Å². The third-order valence-corrected chi connectivity index (χ3v) is 4.39. The van der Waals surface area contributed by atoms with Crippen molar-refractivity contribution in [2.45, 2.75) is 39.2 Å². The number of aliphatic carboxylic acids is 1. The molecule has 0 aliphatic carbocycles. The first-order valence-electron chi connectivity index (χ1n) is 7.99. The molecule has 1 aliphatic rings. The van der Waals surface area contributed by atoms with Crippen molar-refractivity contribution in [2.24, 2.45) is 0 Å². The van der Waals surface area contributed by atoms with E-state index in [1.165, 1.54) is 0 Å². The molecule has 2 heterocycles. The first-order valence-corrected chi connectivity index (χ1v) is 7.99. The molecule has 1 fully saturated rings. The number of carboxylic acid groups (broad SMARTS) is 1. The summed E-state index contributed by atoms with van der Waals surface area (Å²) in [6.45, 7) is 4.36. The predicted octanol–water partition coefficient (Wildman–Crippen LogP) is 1.96. The Labute approximate surface area is 139 Å². The number of benzene rings is 1. The highest BCUT2D eigenvalue weighted by Crippen LogP contribution is 2.23. The Morgan fingerprint density at radius 2 is 2.12 bits per heavy atom. The highest BCUT2D eigenvalue weighted by Gasteiger charge is 2.33. The van der Waals surface area contributed by atoms with Crippen LogP contribution in [0.25, 0.3) is 5.69 Å². The number of hydrogen-bond acceptors (Lipinski definition) is 4. The largest absolute Gasteiger partial charge is 0.481 e. The minimum atomic E-state index is -0.889. The highest BCUT2D eigenvalue weighted by molar-refractivity contribution is 5.94. The van der Waals surface area contributed by atoms with Crippen molar-refractivity contribution in [1.82, 2.24) is 19.9 Å². The lowest BCUT2D eigenvalue weighted by Crippen LogP contribution is -2.37. The minimum Gasteiger partial charge on any atom is -0.481 e. The van der Waals surface area contributed by atoms with Crippen LogP contribution in [0.3, 0.4) is 0 Å². The van der Waals surface area contributed by atoms with Gasteiger partial charge in [0.05, 0.1) is 17.8 Å². The van der Waals surface area contributed by atoms with Gasteiger partial charge in [-0.2, -0.15) is 0 Å². The van der Waals surface area contributed by atoms with Gasteiger partial charge >= 0.3 is 5.97 Å². The number of amides is 1. The maximum Gasteiger partial charge on any atom is 0.305 e. The van der Waals surface area contributed by atoms with Gasteiger partial charge in [0.2, 0.25) is 0 Å². The van der Waals surface area contributed by atoms with Gasteiger partial charge in [0, 0.05) is 12.6 Å². The molecule has 0 bridgehead atoms. The van der Waals surface area contributed by atoms with E-state index < -0.39 is 5.97 Å². The van der Waals surface area contributed by atoms with E-state index in [-0.39, 0.29) is 24.1 Å². The van der Waals surface area contributed by atoms with E-state index in [9.17, 15) is 9.59 Å². The van der Waals surface area contributed by atoms with Crippen molar-refractivity contribution >= 4 is 11.9 Å². The fourth-order valence-electron chi connectivity index (χ4n) is 3.18. The van der Waals surface area contributed by atoms with Crippen LogP contribution in [0.15, 0.2) is 24.3 Å². The zero-order valence-corrected chi connectivity index (χ0v) is 13.8. The number of carbonyl (C=O) groups excluding carboxylic acids is 1. The lowest BCUT2D eigenvalue weighted by molar-refractivity contribution is -0.137. The molecule has 1 unspecified atom stereocenters. The van der Waals surface area contributed by atoms with Gasteiger partial charge in [-0.05, 0) is 44.4 Å². The quantitative estimate of drug-likeness (QED) is 0.927. The molecule has 7 nitrogen and oxygen atoms in total. The van der Waals surface area contributed by atoms with Crippen LogP contribution in [0.5, 0.6) is 0 Å². The van der Waals surface area contributed by atoms with Gasteiger partial charge in [-0.25, -0.2) is 4.68 Å². The van der Waals surface area contributed by atoms with Crippen molar-refractivity contribution < 1.29 is 14.7 Å². The Kier molecular flexibility index (Phi) is 4.33. The van der Waals surface area contributed by atoms with E-state index in [4.69, 9.17) is 5.11 Å². The van der Waals surface area contributed by atoms with Gasteiger partial charge in [0.1, 0.15) is 0 Å². The summed E-state index contributed by atoms with van der Waals surface area (Å²) in [6.07, 6.45) is 1.49. The fraction of sp³-hybridized carbons (Fsp3) is 0.412. The summed E-state index contributed by atoms with van der Waals surface area (Å²) in [4.78, 5) is 25.4. The summed E-state index contributed by atoms with van der Waals surface area (Å²) in [5.41, 5.74) is 2.89. The van der Waals surface area contributed by atoms with E-state index in [1.807, 2.05) is 31.2 Å². The van der Waals surface area contributed by atoms with Gasteiger partial charge in [-0.15, -0.1) is 5.10 Å². The molecule has 24 heavy (non-hydrogen) atoms. The lowest BCUT2D eigenvalue weighted by atomic mass is 10.1. The van der Waals surface area contributed by atoms with Crippen LogP contribution in [0, 0.1) is 13.8 Å². The molecule has 1 atom stereocenters. The van der Waals surface area contributed by atoms with Crippen molar-refractivity contribution in [3.05, 3.63) is 41.2 Å². The molecule has 1 aromatic heterocycles. The standard InChI is InChI=1S/C17H20N4O3/c1-11-5-3-6-14(9-11)21-12(2)16(18-19-21)17(24)20-8-4-7-13(20)10-15(22)23/h3,5-6,9,13H,4,7-8,10H2,1-2H3,(H,22,23). The maximum atomic E-state index is 12.8. The van der Waals surface area contributed by atoms with E-state index in [0.717, 1.165) is 17.7 Å². The molecule has 1 aromatic carbocycles. The topological polar surface area (TPSA) is 88.3 Å². The minimum absolute atomic E-state index is 0.0309. The van der Waals surface area contributed by atoms with Gasteiger partial charge in [-0.1, -0.05) is 17.3 Å². The average molecular weight is 328 g/mol. The molecule has 1 aliphatic heterocycles. The van der Waals surface area contributed by atoms with Crippen LogP contribution in [0.1, 0.15) is 41.0 Å². The lowest BCUT2D eigenvalue weighted by Gasteiger charge is -2.22. The van der Waals surface area contributed by atoms with Gasteiger partial charge < -0.3 is 10.0 Å². The Bertz CT molecular complexity index is 784. The summed E-state index contributed by atoms with van der Waals surface area (Å²) in [6, 6.07) is 7.53. The Balaban J connectivity index is 1.88. The van der Waals surface area contributed by atoms with Crippen molar-refractivity contribution in [3.8, 4) is 5.69 Å². The number of aromatic nitrogens is 3. The van der Waals surface area contributed by atoms with Crippen molar-refractivity contribution in [3.63, 3.8) is 0 Å². The first-order chi connectivity index (χ1) is 11.5. The Morgan fingerprint density at radius 1 is 1.33 bits per heavy atom. The average Bonchev–Trinajstić information content (AvgIpc) is 3.13. The number of carbonyl (C=O) groups is 2. The summed E-state index contributed by atoms with van der Waals surface area (Å²) in [5, 5.41) is 17.2. The molecule has 1 N–H and O–H groups in total. The second-order valence-electron chi connectivity index (χ2n) is 6.17. The molecule has 1 amide bonds. The first kappa shape index (κ1) is 16.2. The third-order valence-electron chi connectivity index (χ3n) is 4.39. The van der Waals surface area contributed by atoms with Crippen molar-refractivity contribution in [1.29, 1.82) is 0 Å². The molecule has 7 heteroatoms. The zero-order valence-electron chi connectivity index (χ0n) is 13.8. The number of aryl methyl sites for hydroxylation is 1. The Morgan fingerprint density at radius 3 is 2.83 bits per heavy atom. The van der Waals surface area contributed by atoms with Crippen LogP contribution in [-0.4, -0.2) is 49.5 Å². The summed E-state index contributed by atoms with van der Waals surface area (Å²) < 4.78 is 1.64. The van der Waals surface area contributed by atoms with E-state index in [0.29, 0.717) is 18.7 Å². The van der Waals surface area contributed by atoms with Crippen LogP contribution >= 0.6 is 0 Å². The highest BCUT2D eigenvalue weighted by atomic mass is 16.4. The smallest absolute Gasteiger partial charge is 0.305 e. The number of hydrogen-bond donors (Lipinski definition) is 1. The van der Waals surface area contributed by atoms with Crippen LogP contribution in [0.4, 0.5) is 0 Å². The second-order valence-corrected chi connectivity index (χ2v) is 6.17. The molecule has 1 saturated heterocycles. The fourth-order valence-corrected chi connectivity index (χ4v) is 3.18. The van der Waals surface area contributed by atoms with E-state index in [2.05, 4.69) is 10.3 Å². The predicted molar refractivity (Wildman–Crippen MR) is 87.1 cm³/mol. The summed E-state index contributed by atoms with van der Waals surface area (Å²) in [7, 11) is 0. The molecule has 126 valence electrons. The molecule has 3 rings (SSSR count). The monoisotopic (exact) mass is 328 g/mol. The molecule has 0 saturated carbocycles. The normalized spacial score (nSPS) is 17.2. The van der Waals surface area contributed by atoms with Crippen LogP contribution in [0.2, 0.25) is 0 Å². The zero-order chi connectivity index (χ0) is 17.3. The van der Waals surface area contributed by atoms with Gasteiger partial charge in [0.15, 0.2) is 5.69 Å². The Hall–Kier alpha value is -2.70. The summed E-state index contributed by atoms with van der Waals surface area (Å²) in [5.74, 6) is -1.13. The molecule has 2 aromatic rings. The molecule has 0 radical (unpaired) electrons. The number of nitrogens with zero attached hydrogens (tertiary/aromatic N) is 4. The molecular weight excluding hydrogens is 308 g/mol. The SMILES string of the molecule is Cc1cccc(-n2nnc(C(=O)N3CCCC3CC(=O)O)c2C)c1. The molecule has 0 spiro atoms. The van der Waals surface area contributed by atoms with Gasteiger partial charge in [-0.3, -0.25) is 9.59 Å². The number of carboxylic acids is 1. The third kappa shape index (κ3) is 3.02. The van der Waals surface area contributed by atoms with E-state index >= 15 is 0 Å².